The molecular formula is C21H28N2O. The van der Waals surface area contributed by atoms with Gasteiger partial charge in [-0.25, -0.2) is 0 Å². The maximum absolute atomic E-state index is 11.7. The van der Waals surface area contributed by atoms with Gasteiger partial charge < -0.3 is 5.73 Å². The van der Waals surface area contributed by atoms with Crippen molar-refractivity contribution in [3.63, 3.8) is 0 Å². The van der Waals surface area contributed by atoms with E-state index in [-0.39, 0.29) is 5.41 Å². The van der Waals surface area contributed by atoms with Crippen LogP contribution in [0.3, 0.4) is 0 Å². The number of Topliss-reactive ketones (excluding diaryl/α,β-unsaturated/α-hetero) is 1. The zero-order chi connectivity index (χ0) is 17.4. The third kappa shape index (κ3) is 5.59. The fraction of sp³-hybridized carbons (Fsp3) is 0.381. The van der Waals surface area contributed by atoms with Gasteiger partial charge >= 0.3 is 0 Å². The summed E-state index contributed by atoms with van der Waals surface area (Å²) in [5.74, 6) is 0.400. The fourth-order valence-electron chi connectivity index (χ4n) is 2.91. The van der Waals surface area contributed by atoms with Gasteiger partial charge in [0.25, 0.3) is 0 Å². The Balaban J connectivity index is 0.000000219. The van der Waals surface area contributed by atoms with Gasteiger partial charge in [0.15, 0.2) is 0 Å². The lowest BCUT2D eigenvalue weighted by Crippen LogP contribution is -2.45. The first-order chi connectivity index (χ1) is 11.5. The molecule has 128 valence electrons. The average Bonchev–Trinajstić information content (AvgIpc) is 2.60. The first-order valence-corrected chi connectivity index (χ1v) is 8.55. The fourth-order valence-corrected chi connectivity index (χ4v) is 2.91. The Kier molecular flexibility index (Phi) is 6.71. The summed E-state index contributed by atoms with van der Waals surface area (Å²) in [6, 6.07) is 20.4. The smallest absolute Gasteiger partial charge is 0.141 e. The van der Waals surface area contributed by atoms with Crippen molar-refractivity contribution in [2.45, 2.75) is 33.4 Å². The van der Waals surface area contributed by atoms with Crippen LogP contribution in [0.4, 0.5) is 0 Å². The standard InChI is InChI=1S/C14H19NO.C7H9N/c1-14(2)11-15(9-8-13(14)16)10-12-6-4-3-5-7-12;8-6-7-4-2-1-3-5-7/h3-7H,8-11H2,1-2H3;1-5H,6,8H2. The quantitative estimate of drug-likeness (QED) is 0.938. The average molecular weight is 324 g/mol. The van der Waals surface area contributed by atoms with Gasteiger partial charge in [0.05, 0.1) is 0 Å². The Morgan fingerprint density at radius 1 is 0.958 bits per heavy atom. The molecule has 0 atom stereocenters. The van der Waals surface area contributed by atoms with Gasteiger partial charge in [-0.15, -0.1) is 0 Å². The number of hydrogen-bond donors (Lipinski definition) is 1. The van der Waals surface area contributed by atoms with E-state index in [0.29, 0.717) is 18.7 Å². The van der Waals surface area contributed by atoms with E-state index in [1.807, 2.05) is 50.2 Å². The molecule has 1 fully saturated rings. The summed E-state index contributed by atoms with van der Waals surface area (Å²) in [6.45, 7) is 7.47. The Bertz CT molecular complexity index is 623. The summed E-state index contributed by atoms with van der Waals surface area (Å²) in [7, 11) is 0. The Morgan fingerprint density at radius 3 is 1.96 bits per heavy atom. The van der Waals surface area contributed by atoms with Crippen molar-refractivity contribution in [1.29, 1.82) is 0 Å². The van der Waals surface area contributed by atoms with Crippen molar-refractivity contribution in [2.75, 3.05) is 13.1 Å². The molecule has 1 aliphatic heterocycles. The lowest BCUT2D eigenvalue weighted by Gasteiger charge is -2.36. The van der Waals surface area contributed by atoms with Crippen LogP contribution in [0, 0.1) is 5.41 Å². The van der Waals surface area contributed by atoms with E-state index >= 15 is 0 Å². The molecule has 0 saturated carbocycles. The molecule has 2 aromatic carbocycles. The molecule has 0 aliphatic carbocycles. The number of benzene rings is 2. The number of piperidine rings is 1. The molecule has 3 nitrogen and oxygen atoms in total. The maximum atomic E-state index is 11.7. The van der Waals surface area contributed by atoms with E-state index in [1.54, 1.807) is 0 Å². The van der Waals surface area contributed by atoms with Gasteiger partial charge in [-0.2, -0.15) is 0 Å². The van der Waals surface area contributed by atoms with Crippen LogP contribution in [0.2, 0.25) is 0 Å². The number of hydrogen-bond acceptors (Lipinski definition) is 3. The molecule has 1 aliphatic rings. The molecule has 0 amide bonds. The molecule has 3 heteroatoms. The Hall–Kier alpha value is -1.97. The second-order valence-corrected chi connectivity index (χ2v) is 6.94. The zero-order valence-electron chi connectivity index (χ0n) is 14.7. The van der Waals surface area contributed by atoms with E-state index in [0.717, 1.165) is 19.6 Å². The van der Waals surface area contributed by atoms with Crippen molar-refractivity contribution in [2.24, 2.45) is 11.1 Å². The summed E-state index contributed by atoms with van der Waals surface area (Å²) in [5, 5.41) is 0. The van der Waals surface area contributed by atoms with Crippen molar-refractivity contribution < 1.29 is 4.79 Å². The number of carbonyl (C=O) groups is 1. The minimum atomic E-state index is -0.174. The number of ketones is 1. The second kappa shape index (κ2) is 8.76. The highest BCUT2D eigenvalue weighted by Gasteiger charge is 2.33. The SMILES string of the molecule is CC1(C)CN(Cc2ccccc2)CCC1=O.NCc1ccccc1. The number of rotatable bonds is 3. The molecule has 2 N–H and O–H groups in total. The summed E-state index contributed by atoms with van der Waals surface area (Å²) in [6.07, 6.45) is 0.694. The van der Waals surface area contributed by atoms with E-state index < -0.39 is 0 Å². The summed E-state index contributed by atoms with van der Waals surface area (Å²) in [5.41, 5.74) is 7.69. The van der Waals surface area contributed by atoms with Crippen LogP contribution in [0.1, 0.15) is 31.4 Å². The third-order valence-electron chi connectivity index (χ3n) is 4.36. The van der Waals surface area contributed by atoms with Crippen LogP contribution in [0.5, 0.6) is 0 Å². The van der Waals surface area contributed by atoms with Crippen molar-refractivity contribution in [1.82, 2.24) is 4.90 Å². The zero-order valence-corrected chi connectivity index (χ0v) is 14.7. The topological polar surface area (TPSA) is 46.3 Å². The molecule has 0 spiro atoms. The van der Waals surface area contributed by atoms with E-state index in [4.69, 9.17) is 5.73 Å². The van der Waals surface area contributed by atoms with Gasteiger partial charge in [-0.1, -0.05) is 74.5 Å². The van der Waals surface area contributed by atoms with Crippen LogP contribution in [0.25, 0.3) is 0 Å². The van der Waals surface area contributed by atoms with Crippen LogP contribution in [0.15, 0.2) is 60.7 Å². The number of carbonyl (C=O) groups excluding carboxylic acids is 1. The Labute approximate surface area is 145 Å². The second-order valence-electron chi connectivity index (χ2n) is 6.94. The van der Waals surface area contributed by atoms with Gasteiger partial charge in [0.1, 0.15) is 5.78 Å². The molecule has 2 aromatic rings. The van der Waals surface area contributed by atoms with Crippen LogP contribution in [-0.4, -0.2) is 23.8 Å². The minimum absolute atomic E-state index is 0.174. The maximum Gasteiger partial charge on any atom is 0.141 e. The van der Waals surface area contributed by atoms with E-state index in [2.05, 4.69) is 29.2 Å². The van der Waals surface area contributed by atoms with E-state index in [1.165, 1.54) is 11.1 Å². The van der Waals surface area contributed by atoms with Gasteiger partial charge in [0, 0.05) is 38.0 Å². The van der Waals surface area contributed by atoms with Crippen LogP contribution < -0.4 is 5.73 Å². The van der Waals surface area contributed by atoms with Gasteiger partial charge in [-0.3, -0.25) is 9.69 Å². The lowest BCUT2D eigenvalue weighted by atomic mass is 9.82. The summed E-state index contributed by atoms with van der Waals surface area (Å²) in [4.78, 5) is 14.1. The lowest BCUT2D eigenvalue weighted by molar-refractivity contribution is -0.131. The molecule has 3 rings (SSSR count). The minimum Gasteiger partial charge on any atom is -0.326 e. The molecule has 24 heavy (non-hydrogen) atoms. The largest absolute Gasteiger partial charge is 0.326 e. The molecule has 0 unspecified atom stereocenters. The molecule has 1 saturated heterocycles. The van der Waals surface area contributed by atoms with Crippen molar-refractivity contribution in [3.8, 4) is 0 Å². The molecular weight excluding hydrogens is 296 g/mol. The predicted octanol–water partition coefficient (Wildman–Crippen LogP) is 3.63. The number of nitrogens with two attached hydrogens (primary N) is 1. The van der Waals surface area contributed by atoms with Gasteiger partial charge in [0.2, 0.25) is 0 Å². The normalized spacial score (nSPS) is 17.0. The summed E-state index contributed by atoms with van der Waals surface area (Å²) < 4.78 is 0. The van der Waals surface area contributed by atoms with Crippen molar-refractivity contribution in [3.05, 3.63) is 71.8 Å². The highest BCUT2D eigenvalue weighted by Crippen LogP contribution is 2.26. The number of likely N-dealkylation sites (tertiary alicyclic amines) is 1. The molecule has 0 radical (unpaired) electrons. The summed E-state index contributed by atoms with van der Waals surface area (Å²) >= 11 is 0. The Morgan fingerprint density at radius 2 is 1.50 bits per heavy atom. The third-order valence-corrected chi connectivity index (χ3v) is 4.36. The highest BCUT2D eigenvalue weighted by molar-refractivity contribution is 5.85. The molecule has 0 aromatic heterocycles. The molecule has 1 heterocycles. The van der Waals surface area contributed by atoms with Gasteiger partial charge in [-0.05, 0) is 11.1 Å². The first kappa shape index (κ1) is 18.4. The predicted molar refractivity (Wildman–Crippen MR) is 99.5 cm³/mol. The number of nitrogens with zero attached hydrogens (tertiary/aromatic N) is 1. The van der Waals surface area contributed by atoms with Crippen LogP contribution >= 0.6 is 0 Å². The van der Waals surface area contributed by atoms with Crippen LogP contribution in [-0.2, 0) is 17.9 Å². The van der Waals surface area contributed by atoms with Crippen molar-refractivity contribution >= 4 is 5.78 Å². The van der Waals surface area contributed by atoms with E-state index in [9.17, 15) is 4.79 Å². The monoisotopic (exact) mass is 324 g/mol. The first-order valence-electron chi connectivity index (χ1n) is 8.55. The molecule has 0 bridgehead atoms. The highest BCUT2D eigenvalue weighted by atomic mass is 16.1.